The highest BCUT2D eigenvalue weighted by atomic mass is 35.5. The van der Waals surface area contributed by atoms with Crippen LogP contribution >= 0.6 is 11.6 Å². The zero-order valence-electron chi connectivity index (χ0n) is 17.4. The maximum atomic E-state index is 12.9. The fourth-order valence-electron chi connectivity index (χ4n) is 3.46. The second-order valence-corrected chi connectivity index (χ2v) is 9.88. The van der Waals surface area contributed by atoms with Crippen LogP contribution in [0.3, 0.4) is 0 Å². The van der Waals surface area contributed by atoms with Crippen LogP contribution in [-0.4, -0.2) is 56.1 Å². The predicted octanol–water partition coefficient (Wildman–Crippen LogP) is 3.62. The van der Waals surface area contributed by atoms with E-state index in [1.807, 2.05) is 0 Å². The number of carbonyl (C=O) groups excluding carboxylic acids is 2. The lowest BCUT2D eigenvalue weighted by molar-refractivity contribution is -0.116. The Balaban J connectivity index is 1.64. The van der Waals surface area contributed by atoms with Crippen LogP contribution in [0.1, 0.15) is 36.0 Å². The summed E-state index contributed by atoms with van der Waals surface area (Å²) in [6.07, 6.45) is 3.79. The number of carbonyl (C=O) groups is 2. The van der Waals surface area contributed by atoms with Crippen molar-refractivity contribution >= 4 is 39.1 Å². The molecular formula is C22H26ClN3O4S. The van der Waals surface area contributed by atoms with Gasteiger partial charge in [0.25, 0.3) is 5.91 Å². The molecule has 1 heterocycles. The van der Waals surface area contributed by atoms with Crippen molar-refractivity contribution in [2.24, 2.45) is 0 Å². The van der Waals surface area contributed by atoms with E-state index in [1.54, 1.807) is 24.3 Å². The third kappa shape index (κ3) is 5.84. The molecule has 1 aliphatic rings. The minimum Gasteiger partial charge on any atom is -0.332 e. The summed E-state index contributed by atoms with van der Waals surface area (Å²) in [6.45, 7) is 0.872. The minimum absolute atomic E-state index is 0.169. The fraction of sp³-hybridized carbons (Fsp3) is 0.364. The fourth-order valence-corrected chi connectivity index (χ4v) is 5.16. The van der Waals surface area contributed by atoms with Crippen LogP contribution in [0.4, 0.5) is 5.69 Å². The highest BCUT2D eigenvalue weighted by Crippen LogP contribution is 2.22. The maximum absolute atomic E-state index is 12.9. The second-order valence-electron chi connectivity index (χ2n) is 7.53. The van der Waals surface area contributed by atoms with Crippen molar-refractivity contribution in [2.75, 3.05) is 32.0 Å². The number of amides is 2. The van der Waals surface area contributed by atoms with Gasteiger partial charge in [-0.3, -0.25) is 9.59 Å². The number of likely N-dealkylation sites (N-methyl/N-ethyl adjacent to an activating group) is 1. The van der Waals surface area contributed by atoms with Crippen LogP contribution < -0.4 is 5.32 Å². The number of nitrogens with one attached hydrogen (secondary N) is 1. The molecule has 7 nitrogen and oxygen atoms in total. The number of rotatable bonds is 6. The normalized spacial score (nSPS) is 15.2. The first-order valence-corrected chi connectivity index (χ1v) is 12.0. The van der Waals surface area contributed by atoms with Crippen molar-refractivity contribution in [3.8, 4) is 0 Å². The van der Waals surface area contributed by atoms with E-state index in [9.17, 15) is 18.0 Å². The molecule has 0 saturated carbocycles. The van der Waals surface area contributed by atoms with E-state index in [0.717, 1.165) is 25.7 Å². The van der Waals surface area contributed by atoms with Gasteiger partial charge in [-0.2, -0.15) is 4.31 Å². The van der Waals surface area contributed by atoms with Gasteiger partial charge in [0.15, 0.2) is 0 Å². The maximum Gasteiger partial charge on any atom is 0.254 e. The molecule has 0 bridgehead atoms. The van der Waals surface area contributed by atoms with E-state index < -0.39 is 10.0 Å². The molecule has 1 aliphatic heterocycles. The van der Waals surface area contributed by atoms with Crippen molar-refractivity contribution in [2.45, 2.75) is 30.6 Å². The lowest BCUT2D eigenvalue weighted by atomic mass is 10.2. The molecule has 9 heteroatoms. The van der Waals surface area contributed by atoms with Gasteiger partial charge in [-0.15, -0.1) is 0 Å². The van der Waals surface area contributed by atoms with Gasteiger partial charge < -0.3 is 10.2 Å². The summed E-state index contributed by atoms with van der Waals surface area (Å²) >= 11 is 6.03. The van der Waals surface area contributed by atoms with Gasteiger partial charge in [0.1, 0.15) is 0 Å². The summed E-state index contributed by atoms with van der Waals surface area (Å²) in [4.78, 5) is 26.4. The van der Waals surface area contributed by atoms with E-state index >= 15 is 0 Å². The molecule has 31 heavy (non-hydrogen) atoms. The third-order valence-corrected chi connectivity index (χ3v) is 7.42. The standard InChI is InChI=1S/C22H26ClN3O4S/c1-25(16-21(27)24-20-9-5-4-8-19(20)23)22(28)17-10-12-18(13-11-17)31(29,30)26-14-6-2-3-7-15-26/h4-5,8-13H,2-3,6-7,14-16H2,1H3,(H,24,27). The summed E-state index contributed by atoms with van der Waals surface area (Å²) in [5.41, 5.74) is 0.779. The summed E-state index contributed by atoms with van der Waals surface area (Å²) < 4.78 is 27.3. The number of benzene rings is 2. The molecular weight excluding hydrogens is 438 g/mol. The molecule has 2 aromatic rings. The zero-order valence-corrected chi connectivity index (χ0v) is 19.0. The Morgan fingerprint density at radius 2 is 1.61 bits per heavy atom. The molecule has 1 fully saturated rings. The summed E-state index contributed by atoms with van der Waals surface area (Å²) in [6, 6.07) is 12.7. The largest absolute Gasteiger partial charge is 0.332 e. The first kappa shape index (κ1) is 23.2. The van der Waals surface area contributed by atoms with Gasteiger partial charge in [-0.1, -0.05) is 36.6 Å². The molecule has 0 aromatic heterocycles. The van der Waals surface area contributed by atoms with E-state index in [1.165, 1.54) is 40.5 Å². The molecule has 0 atom stereocenters. The van der Waals surface area contributed by atoms with Gasteiger partial charge in [0, 0.05) is 25.7 Å². The van der Waals surface area contributed by atoms with Gasteiger partial charge in [0.05, 0.1) is 22.2 Å². The number of para-hydroxylation sites is 1. The molecule has 0 radical (unpaired) electrons. The lowest BCUT2D eigenvalue weighted by Crippen LogP contribution is -2.35. The van der Waals surface area contributed by atoms with Crippen LogP contribution in [0.2, 0.25) is 5.02 Å². The van der Waals surface area contributed by atoms with E-state index in [-0.39, 0.29) is 23.3 Å². The van der Waals surface area contributed by atoms with Crippen LogP contribution in [0.15, 0.2) is 53.4 Å². The van der Waals surface area contributed by atoms with Crippen molar-refractivity contribution in [3.05, 3.63) is 59.1 Å². The van der Waals surface area contributed by atoms with Crippen molar-refractivity contribution in [3.63, 3.8) is 0 Å². The Hall–Kier alpha value is -2.42. The quantitative estimate of drug-likeness (QED) is 0.708. The van der Waals surface area contributed by atoms with Crippen LogP contribution in [0.25, 0.3) is 0 Å². The first-order valence-electron chi connectivity index (χ1n) is 10.2. The van der Waals surface area contributed by atoms with Gasteiger partial charge in [-0.25, -0.2) is 8.42 Å². The molecule has 2 amide bonds. The molecule has 0 unspecified atom stereocenters. The number of anilines is 1. The molecule has 2 aromatic carbocycles. The number of hydrogen-bond donors (Lipinski definition) is 1. The zero-order chi connectivity index (χ0) is 22.4. The van der Waals surface area contributed by atoms with E-state index in [0.29, 0.717) is 29.4 Å². The van der Waals surface area contributed by atoms with E-state index in [2.05, 4.69) is 5.32 Å². The monoisotopic (exact) mass is 463 g/mol. The Morgan fingerprint density at radius 3 is 2.23 bits per heavy atom. The molecule has 3 rings (SSSR count). The van der Waals surface area contributed by atoms with Crippen LogP contribution in [0, 0.1) is 0 Å². The van der Waals surface area contributed by atoms with Gasteiger partial charge >= 0.3 is 0 Å². The highest BCUT2D eigenvalue weighted by molar-refractivity contribution is 7.89. The average molecular weight is 464 g/mol. The number of nitrogens with zero attached hydrogens (tertiary/aromatic N) is 2. The number of halogens is 1. The van der Waals surface area contributed by atoms with Crippen molar-refractivity contribution < 1.29 is 18.0 Å². The Labute approximate surface area is 188 Å². The average Bonchev–Trinajstić information content (AvgIpc) is 3.05. The third-order valence-electron chi connectivity index (χ3n) is 5.18. The van der Waals surface area contributed by atoms with E-state index in [4.69, 9.17) is 11.6 Å². The summed E-state index contributed by atoms with van der Waals surface area (Å²) in [7, 11) is -2.06. The SMILES string of the molecule is CN(CC(=O)Nc1ccccc1Cl)C(=O)c1ccc(S(=O)(=O)N2CCCCCC2)cc1. The molecule has 1 saturated heterocycles. The van der Waals surface area contributed by atoms with Gasteiger partial charge in [0.2, 0.25) is 15.9 Å². The second kappa shape index (κ2) is 10.3. The topological polar surface area (TPSA) is 86.8 Å². The smallest absolute Gasteiger partial charge is 0.254 e. The summed E-state index contributed by atoms with van der Waals surface area (Å²) in [5.74, 6) is -0.766. The summed E-state index contributed by atoms with van der Waals surface area (Å²) in [5, 5.41) is 3.08. The molecule has 0 aliphatic carbocycles. The Bertz CT molecular complexity index is 1030. The van der Waals surface area contributed by atoms with Crippen molar-refractivity contribution in [1.82, 2.24) is 9.21 Å². The highest BCUT2D eigenvalue weighted by Gasteiger charge is 2.25. The van der Waals surface area contributed by atoms with Crippen LogP contribution in [0.5, 0.6) is 0 Å². The molecule has 0 spiro atoms. The number of sulfonamides is 1. The van der Waals surface area contributed by atoms with Gasteiger partial charge in [-0.05, 0) is 49.2 Å². The first-order chi connectivity index (χ1) is 14.8. The minimum atomic E-state index is -3.57. The Kier molecular flexibility index (Phi) is 7.69. The lowest BCUT2D eigenvalue weighted by Gasteiger charge is -2.20. The number of hydrogen-bond acceptors (Lipinski definition) is 4. The molecule has 1 N–H and O–H groups in total. The van der Waals surface area contributed by atoms with Crippen LogP contribution in [-0.2, 0) is 14.8 Å². The Morgan fingerprint density at radius 1 is 1.00 bits per heavy atom. The van der Waals surface area contributed by atoms with Crippen molar-refractivity contribution in [1.29, 1.82) is 0 Å². The molecule has 166 valence electrons. The predicted molar refractivity (Wildman–Crippen MR) is 121 cm³/mol.